The summed E-state index contributed by atoms with van der Waals surface area (Å²) >= 11 is 0. The molecule has 106 valence electrons. The maximum absolute atomic E-state index is 9.75. The molecular formula is C16H15N3O2. The normalized spacial score (nSPS) is 10.8. The van der Waals surface area contributed by atoms with Gasteiger partial charge in [0.1, 0.15) is 5.75 Å². The zero-order chi connectivity index (χ0) is 14.8. The van der Waals surface area contributed by atoms with Crippen molar-refractivity contribution in [2.24, 2.45) is 0 Å². The van der Waals surface area contributed by atoms with E-state index in [9.17, 15) is 5.11 Å². The maximum Gasteiger partial charge on any atom is 0.280 e. The van der Waals surface area contributed by atoms with Crippen molar-refractivity contribution in [1.82, 2.24) is 15.1 Å². The molecule has 0 amide bonds. The number of aromatic hydroxyl groups is 1. The molecule has 3 rings (SSSR count). The molecule has 0 aliphatic rings. The Bertz CT molecular complexity index is 760. The standard InChI is InChI=1S/C16H15N3O2/c1-10-6-11(2)8-12(7-10)9-14-18-16(21-19-14)15-13(20)4-3-5-17-15/h3-8,20H,9H2,1-2H3. The van der Waals surface area contributed by atoms with Gasteiger partial charge in [-0.3, -0.25) is 0 Å². The van der Waals surface area contributed by atoms with E-state index in [1.54, 1.807) is 12.3 Å². The van der Waals surface area contributed by atoms with Gasteiger partial charge in [-0.2, -0.15) is 4.98 Å². The Morgan fingerprint density at radius 1 is 1.14 bits per heavy atom. The van der Waals surface area contributed by atoms with Gasteiger partial charge in [0.2, 0.25) is 0 Å². The summed E-state index contributed by atoms with van der Waals surface area (Å²) in [6, 6.07) is 9.50. The number of hydrogen-bond acceptors (Lipinski definition) is 5. The number of benzene rings is 1. The number of rotatable bonds is 3. The molecule has 0 spiro atoms. The zero-order valence-electron chi connectivity index (χ0n) is 11.9. The minimum Gasteiger partial charge on any atom is -0.505 e. The minimum absolute atomic E-state index is 0.0269. The molecule has 0 unspecified atom stereocenters. The van der Waals surface area contributed by atoms with E-state index < -0.39 is 0 Å². The molecule has 0 atom stereocenters. The highest BCUT2D eigenvalue weighted by Crippen LogP contribution is 2.24. The molecule has 5 nitrogen and oxygen atoms in total. The molecule has 2 aromatic heterocycles. The lowest BCUT2D eigenvalue weighted by Gasteiger charge is -2.01. The summed E-state index contributed by atoms with van der Waals surface area (Å²) in [4.78, 5) is 8.35. The van der Waals surface area contributed by atoms with E-state index in [0.29, 0.717) is 17.9 Å². The van der Waals surface area contributed by atoms with E-state index in [4.69, 9.17) is 4.52 Å². The average molecular weight is 281 g/mol. The second-order valence-electron chi connectivity index (χ2n) is 5.06. The van der Waals surface area contributed by atoms with E-state index in [-0.39, 0.29) is 11.6 Å². The first kappa shape index (κ1) is 13.3. The first-order chi connectivity index (χ1) is 10.1. The highest BCUT2D eigenvalue weighted by atomic mass is 16.5. The van der Waals surface area contributed by atoms with Crippen LogP contribution >= 0.6 is 0 Å². The van der Waals surface area contributed by atoms with Gasteiger partial charge in [0.25, 0.3) is 5.89 Å². The predicted molar refractivity (Wildman–Crippen MR) is 77.9 cm³/mol. The van der Waals surface area contributed by atoms with E-state index in [1.165, 1.54) is 17.2 Å². The van der Waals surface area contributed by atoms with Crippen molar-refractivity contribution in [2.45, 2.75) is 20.3 Å². The summed E-state index contributed by atoms with van der Waals surface area (Å²) in [7, 11) is 0. The van der Waals surface area contributed by atoms with Gasteiger partial charge < -0.3 is 9.63 Å². The predicted octanol–water partition coefficient (Wildman–Crippen LogP) is 3.04. The molecule has 0 fully saturated rings. The van der Waals surface area contributed by atoms with Crippen LogP contribution in [-0.4, -0.2) is 20.2 Å². The van der Waals surface area contributed by atoms with Crippen molar-refractivity contribution in [1.29, 1.82) is 0 Å². The summed E-state index contributed by atoms with van der Waals surface area (Å²) < 4.78 is 5.18. The SMILES string of the molecule is Cc1cc(C)cc(Cc2noc(-c3ncccc3O)n2)c1. The zero-order valence-corrected chi connectivity index (χ0v) is 11.9. The van der Waals surface area contributed by atoms with Gasteiger partial charge in [0.15, 0.2) is 11.5 Å². The molecule has 21 heavy (non-hydrogen) atoms. The molecule has 1 aromatic carbocycles. The van der Waals surface area contributed by atoms with Gasteiger partial charge in [0.05, 0.1) is 0 Å². The molecule has 0 radical (unpaired) electrons. The number of nitrogens with zero attached hydrogens (tertiary/aromatic N) is 3. The van der Waals surface area contributed by atoms with Crippen LogP contribution in [0.1, 0.15) is 22.5 Å². The Labute approximate surface area is 122 Å². The van der Waals surface area contributed by atoms with E-state index in [0.717, 1.165) is 5.56 Å². The Morgan fingerprint density at radius 3 is 2.62 bits per heavy atom. The third kappa shape index (κ3) is 2.91. The smallest absolute Gasteiger partial charge is 0.280 e. The fourth-order valence-corrected chi connectivity index (χ4v) is 2.34. The van der Waals surface area contributed by atoms with Crippen LogP contribution < -0.4 is 0 Å². The Kier molecular flexibility index (Phi) is 3.39. The van der Waals surface area contributed by atoms with Gasteiger partial charge in [-0.25, -0.2) is 4.98 Å². The first-order valence-corrected chi connectivity index (χ1v) is 6.66. The molecular weight excluding hydrogens is 266 g/mol. The quantitative estimate of drug-likeness (QED) is 0.798. The summed E-state index contributed by atoms with van der Waals surface area (Å²) in [5, 5.41) is 13.7. The topological polar surface area (TPSA) is 72.0 Å². The lowest BCUT2D eigenvalue weighted by atomic mass is 10.1. The lowest BCUT2D eigenvalue weighted by molar-refractivity contribution is 0.416. The summed E-state index contributed by atoms with van der Waals surface area (Å²) in [5.74, 6) is 0.826. The fourth-order valence-electron chi connectivity index (χ4n) is 2.34. The number of pyridine rings is 1. The third-order valence-electron chi connectivity index (χ3n) is 3.10. The minimum atomic E-state index is 0.0269. The summed E-state index contributed by atoms with van der Waals surface area (Å²) in [6.07, 6.45) is 2.16. The van der Waals surface area contributed by atoms with Crippen molar-refractivity contribution in [3.8, 4) is 17.3 Å². The van der Waals surface area contributed by atoms with E-state index in [2.05, 4.69) is 47.2 Å². The maximum atomic E-state index is 9.75. The van der Waals surface area contributed by atoms with Crippen LogP contribution in [0, 0.1) is 13.8 Å². The van der Waals surface area contributed by atoms with E-state index >= 15 is 0 Å². The second kappa shape index (κ2) is 5.36. The summed E-state index contributed by atoms with van der Waals surface area (Å²) in [6.45, 7) is 4.12. The average Bonchev–Trinajstić information content (AvgIpc) is 2.86. The molecule has 1 N–H and O–H groups in total. The first-order valence-electron chi connectivity index (χ1n) is 6.66. The largest absolute Gasteiger partial charge is 0.505 e. The van der Waals surface area contributed by atoms with Crippen LogP contribution in [0.4, 0.5) is 0 Å². The molecule has 0 aliphatic heterocycles. The van der Waals surface area contributed by atoms with Crippen molar-refractivity contribution < 1.29 is 9.63 Å². The second-order valence-corrected chi connectivity index (χ2v) is 5.06. The van der Waals surface area contributed by atoms with Gasteiger partial charge in [-0.05, 0) is 31.5 Å². The number of aromatic nitrogens is 3. The summed E-state index contributed by atoms with van der Waals surface area (Å²) in [5.41, 5.74) is 3.84. The van der Waals surface area contributed by atoms with Crippen molar-refractivity contribution in [3.63, 3.8) is 0 Å². The van der Waals surface area contributed by atoms with Gasteiger partial charge in [-0.1, -0.05) is 34.5 Å². The third-order valence-corrected chi connectivity index (χ3v) is 3.10. The molecule has 5 heteroatoms. The van der Waals surface area contributed by atoms with Crippen LogP contribution in [0.15, 0.2) is 41.1 Å². The monoisotopic (exact) mass is 281 g/mol. The van der Waals surface area contributed by atoms with Crippen LogP contribution in [0.3, 0.4) is 0 Å². The molecule has 3 aromatic rings. The fraction of sp³-hybridized carbons (Fsp3) is 0.188. The number of hydrogen-bond donors (Lipinski definition) is 1. The molecule has 0 bridgehead atoms. The molecule has 0 saturated carbocycles. The van der Waals surface area contributed by atoms with Gasteiger partial charge in [0, 0.05) is 12.6 Å². The Balaban J connectivity index is 1.87. The molecule has 0 aliphatic carbocycles. The van der Waals surface area contributed by atoms with Crippen LogP contribution in [0.5, 0.6) is 5.75 Å². The highest BCUT2D eigenvalue weighted by Gasteiger charge is 2.14. The van der Waals surface area contributed by atoms with Crippen LogP contribution in [-0.2, 0) is 6.42 Å². The van der Waals surface area contributed by atoms with Gasteiger partial charge >= 0.3 is 0 Å². The van der Waals surface area contributed by atoms with Gasteiger partial charge in [-0.15, -0.1) is 0 Å². The van der Waals surface area contributed by atoms with Crippen molar-refractivity contribution >= 4 is 0 Å². The van der Waals surface area contributed by atoms with Crippen LogP contribution in [0.2, 0.25) is 0 Å². The molecule has 2 heterocycles. The molecule has 0 saturated heterocycles. The van der Waals surface area contributed by atoms with Crippen molar-refractivity contribution in [2.75, 3.05) is 0 Å². The van der Waals surface area contributed by atoms with E-state index in [1.807, 2.05) is 0 Å². The van der Waals surface area contributed by atoms with Crippen LogP contribution in [0.25, 0.3) is 11.6 Å². The highest BCUT2D eigenvalue weighted by molar-refractivity contribution is 5.55. The van der Waals surface area contributed by atoms with Crippen molar-refractivity contribution in [3.05, 3.63) is 59.0 Å². The Morgan fingerprint density at radius 2 is 1.90 bits per heavy atom. The number of aryl methyl sites for hydroxylation is 2. The lowest BCUT2D eigenvalue weighted by Crippen LogP contribution is -1.93. The Hall–Kier alpha value is -2.69.